The third-order valence-corrected chi connectivity index (χ3v) is 6.98. The number of carboxylic acids is 2. The minimum absolute atomic E-state index is 0.0538. The lowest BCUT2D eigenvalue weighted by atomic mass is 9.81. The van der Waals surface area contributed by atoms with Crippen LogP contribution in [0.4, 0.5) is 5.69 Å². The first kappa shape index (κ1) is 27.2. The van der Waals surface area contributed by atoms with Gasteiger partial charge in [-0.1, -0.05) is 60.1 Å². The second-order valence-corrected chi connectivity index (χ2v) is 9.58. The van der Waals surface area contributed by atoms with Crippen LogP contribution in [0, 0.1) is 5.92 Å². The monoisotopic (exact) mass is 536 g/mol. The zero-order chi connectivity index (χ0) is 27.1. The fourth-order valence-corrected chi connectivity index (χ4v) is 4.97. The number of hydrogen-bond acceptors (Lipinski definition) is 6. The molecule has 0 amide bonds. The summed E-state index contributed by atoms with van der Waals surface area (Å²) in [5.41, 5.74) is 3.96. The lowest BCUT2D eigenvalue weighted by molar-refractivity contribution is -0.149. The van der Waals surface area contributed by atoms with Gasteiger partial charge in [0.15, 0.2) is 12.4 Å². The molecule has 0 saturated heterocycles. The molecule has 198 valence electrons. The topological polar surface area (TPSA) is 125 Å². The fraction of sp³-hybridized carbons (Fsp3) is 0.276. The van der Waals surface area contributed by atoms with Crippen molar-refractivity contribution in [2.75, 3.05) is 25.0 Å². The zero-order valence-corrected chi connectivity index (χ0v) is 21.4. The van der Waals surface area contributed by atoms with Crippen LogP contribution in [0.5, 0.6) is 5.75 Å². The normalized spacial score (nSPS) is 15.6. The number of ketones is 1. The van der Waals surface area contributed by atoms with E-state index in [9.17, 15) is 24.6 Å². The number of anilines is 1. The Morgan fingerprint density at radius 2 is 1.76 bits per heavy atom. The van der Waals surface area contributed by atoms with Crippen LogP contribution in [-0.4, -0.2) is 47.6 Å². The third kappa shape index (κ3) is 6.70. The number of fused-ring (bicyclic) bond motifs is 1. The van der Waals surface area contributed by atoms with Crippen LogP contribution in [0.2, 0.25) is 5.02 Å². The van der Waals surface area contributed by atoms with Crippen molar-refractivity contribution < 1.29 is 29.3 Å². The smallest absolute Gasteiger partial charge is 0.307 e. The van der Waals surface area contributed by atoms with E-state index in [0.717, 1.165) is 16.7 Å². The molecule has 8 nitrogen and oxygen atoms in total. The molecule has 4 rings (SSSR count). The number of halogens is 1. The SMILES string of the molecule is O=C(O)CC(C(=O)O)C1CNCCc2c1ccc(Cl)c2NCc1ccc(OCC(=O)c2ccccc2)cc1. The number of aliphatic carboxylic acids is 2. The number of hydrogen-bond donors (Lipinski definition) is 4. The maximum atomic E-state index is 12.3. The van der Waals surface area contributed by atoms with E-state index in [1.165, 1.54) is 0 Å². The molecule has 2 atom stereocenters. The first-order chi connectivity index (χ1) is 18.3. The van der Waals surface area contributed by atoms with Gasteiger partial charge < -0.3 is 25.6 Å². The Morgan fingerprint density at radius 3 is 2.45 bits per heavy atom. The van der Waals surface area contributed by atoms with Crippen LogP contribution in [0.15, 0.2) is 66.7 Å². The molecule has 1 aliphatic rings. The number of rotatable bonds is 11. The third-order valence-electron chi connectivity index (χ3n) is 6.67. The molecular weight excluding hydrogens is 508 g/mol. The summed E-state index contributed by atoms with van der Waals surface area (Å²) in [5.74, 6) is -3.37. The minimum Gasteiger partial charge on any atom is -0.485 e. The Balaban J connectivity index is 1.46. The molecule has 2 unspecified atom stereocenters. The van der Waals surface area contributed by atoms with Gasteiger partial charge in [-0.3, -0.25) is 14.4 Å². The van der Waals surface area contributed by atoms with E-state index in [0.29, 0.717) is 48.1 Å². The maximum Gasteiger partial charge on any atom is 0.307 e. The van der Waals surface area contributed by atoms with Crippen molar-refractivity contribution in [3.63, 3.8) is 0 Å². The lowest BCUT2D eigenvalue weighted by Crippen LogP contribution is -2.31. The molecule has 38 heavy (non-hydrogen) atoms. The highest BCUT2D eigenvalue weighted by Gasteiger charge is 2.34. The van der Waals surface area contributed by atoms with Crippen molar-refractivity contribution in [3.05, 3.63) is 94.0 Å². The predicted molar refractivity (Wildman–Crippen MR) is 144 cm³/mol. The molecule has 0 bridgehead atoms. The van der Waals surface area contributed by atoms with Crippen molar-refractivity contribution >= 4 is 35.0 Å². The largest absolute Gasteiger partial charge is 0.485 e. The lowest BCUT2D eigenvalue weighted by Gasteiger charge is -2.25. The summed E-state index contributed by atoms with van der Waals surface area (Å²) >= 11 is 6.56. The molecule has 1 aliphatic heterocycles. The van der Waals surface area contributed by atoms with Crippen molar-refractivity contribution in [3.8, 4) is 5.75 Å². The highest BCUT2D eigenvalue weighted by Crippen LogP contribution is 2.38. The molecule has 3 aromatic rings. The van der Waals surface area contributed by atoms with Crippen LogP contribution < -0.4 is 15.4 Å². The quantitative estimate of drug-likeness (QED) is 0.262. The molecule has 0 radical (unpaired) electrons. The van der Waals surface area contributed by atoms with Gasteiger partial charge in [-0.15, -0.1) is 0 Å². The van der Waals surface area contributed by atoms with Crippen LogP contribution in [0.3, 0.4) is 0 Å². The highest BCUT2D eigenvalue weighted by atomic mass is 35.5. The minimum atomic E-state index is -1.15. The number of nitrogens with one attached hydrogen (secondary N) is 2. The van der Waals surface area contributed by atoms with Gasteiger partial charge in [0.25, 0.3) is 0 Å². The molecule has 9 heteroatoms. The molecule has 1 heterocycles. The van der Waals surface area contributed by atoms with Gasteiger partial charge >= 0.3 is 11.9 Å². The molecule has 4 N–H and O–H groups in total. The molecule has 0 fully saturated rings. The summed E-state index contributed by atoms with van der Waals surface area (Å²) in [5, 5.41) is 26.2. The van der Waals surface area contributed by atoms with Crippen LogP contribution in [0.1, 0.15) is 39.4 Å². The second-order valence-electron chi connectivity index (χ2n) is 9.17. The molecule has 3 aromatic carbocycles. The number of benzene rings is 3. The second kappa shape index (κ2) is 12.6. The summed E-state index contributed by atoms with van der Waals surface area (Å²) in [6, 6.07) is 19.9. The van der Waals surface area contributed by atoms with Gasteiger partial charge in [-0.25, -0.2) is 0 Å². The molecule has 0 spiro atoms. The van der Waals surface area contributed by atoms with Gasteiger partial charge in [0, 0.05) is 24.6 Å². The van der Waals surface area contributed by atoms with E-state index in [-0.39, 0.29) is 12.4 Å². The van der Waals surface area contributed by atoms with Gasteiger partial charge in [-0.2, -0.15) is 0 Å². The van der Waals surface area contributed by atoms with Crippen molar-refractivity contribution in [2.45, 2.75) is 25.3 Å². The average molecular weight is 537 g/mol. The molecular formula is C29H29ClN2O6. The van der Waals surface area contributed by atoms with E-state index in [1.807, 2.05) is 30.3 Å². The van der Waals surface area contributed by atoms with E-state index in [4.69, 9.17) is 16.3 Å². The Bertz CT molecular complexity index is 1300. The summed E-state index contributed by atoms with van der Waals surface area (Å²) in [6.45, 7) is 1.38. The average Bonchev–Trinajstić information content (AvgIpc) is 3.13. The first-order valence-electron chi connectivity index (χ1n) is 12.3. The van der Waals surface area contributed by atoms with Crippen LogP contribution in [-0.2, 0) is 22.6 Å². The molecule has 0 aliphatic carbocycles. The van der Waals surface area contributed by atoms with Gasteiger partial charge in [0.2, 0.25) is 0 Å². The van der Waals surface area contributed by atoms with Crippen LogP contribution >= 0.6 is 11.6 Å². The predicted octanol–water partition coefficient (Wildman–Crippen LogP) is 4.62. The van der Waals surface area contributed by atoms with E-state index in [1.54, 1.807) is 36.4 Å². The number of carbonyl (C=O) groups excluding carboxylic acids is 1. The standard InChI is InChI=1S/C29H29ClN2O6/c30-25-11-10-21-22(12-13-31-16-24(21)23(29(36)37)14-27(34)35)28(25)32-15-18-6-8-20(9-7-18)38-17-26(33)19-4-2-1-3-5-19/h1-11,23-24,31-32H,12-17H2,(H,34,35)(H,36,37). The van der Waals surface area contributed by atoms with Gasteiger partial charge in [0.1, 0.15) is 5.75 Å². The van der Waals surface area contributed by atoms with E-state index < -0.39 is 30.2 Å². The molecule has 0 saturated carbocycles. The number of carboxylic acid groups (broad SMARTS) is 2. The van der Waals surface area contributed by atoms with Gasteiger partial charge in [-0.05, 0) is 47.9 Å². The molecule has 0 aromatic heterocycles. The van der Waals surface area contributed by atoms with E-state index >= 15 is 0 Å². The van der Waals surface area contributed by atoms with E-state index in [2.05, 4.69) is 10.6 Å². The van der Waals surface area contributed by atoms with Crippen molar-refractivity contribution in [1.82, 2.24) is 5.32 Å². The maximum absolute atomic E-state index is 12.3. The van der Waals surface area contributed by atoms with Crippen molar-refractivity contribution in [2.24, 2.45) is 5.92 Å². The Morgan fingerprint density at radius 1 is 1.03 bits per heavy atom. The Kier molecular flexibility index (Phi) is 8.99. The summed E-state index contributed by atoms with van der Waals surface area (Å²) in [7, 11) is 0. The fourth-order valence-electron chi connectivity index (χ4n) is 4.72. The van der Waals surface area contributed by atoms with Gasteiger partial charge in [0.05, 0.1) is 23.0 Å². The van der Waals surface area contributed by atoms with Crippen molar-refractivity contribution in [1.29, 1.82) is 0 Å². The zero-order valence-electron chi connectivity index (χ0n) is 20.7. The number of ether oxygens (including phenoxy) is 1. The highest BCUT2D eigenvalue weighted by molar-refractivity contribution is 6.33. The summed E-state index contributed by atoms with van der Waals surface area (Å²) < 4.78 is 5.64. The van der Waals surface area contributed by atoms with Crippen LogP contribution in [0.25, 0.3) is 0 Å². The Labute approximate surface area is 225 Å². The Hall–Kier alpha value is -3.88. The summed E-state index contributed by atoms with van der Waals surface area (Å²) in [4.78, 5) is 35.6. The number of carbonyl (C=O) groups is 3. The number of Topliss-reactive ketones (excluding diaryl/α,β-unsaturated/α-hetero) is 1. The summed E-state index contributed by atoms with van der Waals surface area (Å²) in [6.07, 6.45) is 0.161. The first-order valence-corrected chi connectivity index (χ1v) is 12.7.